The van der Waals surface area contributed by atoms with Crippen LogP contribution in [0.3, 0.4) is 0 Å². The quantitative estimate of drug-likeness (QED) is 0.557. The number of carbonyl (C=O) groups excluding carboxylic acids is 1. The molecule has 0 saturated heterocycles. The van der Waals surface area contributed by atoms with Crippen molar-refractivity contribution in [3.05, 3.63) is 70.6 Å². The zero-order chi connectivity index (χ0) is 19.1. The molecule has 0 fully saturated rings. The molecule has 0 aliphatic rings. The average Bonchev–Trinajstić information content (AvgIpc) is 3.14. The molecule has 0 radical (unpaired) electrons. The molecule has 2 aromatic carbocycles. The Hall–Kier alpha value is -2.31. The topological polar surface area (TPSA) is 68.0 Å². The van der Waals surface area contributed by atoms with Gasteiger partial charge in [0.25, 0.3) is 0 Å². The second-order valence-corrected chi connectivity index (χ2v) is 7.56. The van der Waals surface area contributed by atoms with Gasteiger partial charge in [0, 0.05) is 29.3 Å². The van der Waals surface area contributed by atoms with Crippen LogP contribution >= 0.6 is 23.4 Å². The highest BCUT2D eigenvalue weighted by Crippen LogP contribution is 2.19. The second kappa shape index (κ2) is 9.58. The summed E-state index contributed by atoms with van der Waals surface area (Å²) < 4.78 is 5.28. The Labute approximate surface area is 167 Å². The van der Waals surface area contributed by atoms with Crippen LogP contribution in [0.4, 0.5) is 0 Å². The first kappa shape index (κ1) is 19.5. The van der Waals surface area contributed by atoms with Crippen LogP contribution in [-0.4, -0.2) is 21.8 Å². The number of thioether (sulfide) groups is 1. The van der Waals surface area contributed by atoms with Gasteiger partial charge in [-0.2, -0.15) is 16.7 Å². The lowest BCUT2D eigenvalue weighted by molar-refractivity contribution is -0.120. The van der Waals surface area contributed by atoms with Gasteiger partial charge in [0.05, 0.1) is 5.75 Å². The number of aryl methyl sites for hydroxylation is 1. The molecular weight excluding hydrogens is 382 g/mol. The summed E-state index contributed by atoms with van der Waals surface area (Å²) in [6.07, 6.45) is 0.425. The summed E-state index contributed by atoms with van der Waals surface area (Å²) in [6, 6.07) is 15.5. The molecule has 0 unspecified atom stereocenters. The molecular formula is C20H20ClN3O2S. The first-order valence-corrected chi connectivity index (χ1v) is 10.1. The van der Waals surface area contributed by atoms with E-state index in [0.29, 0.717) is 41.2 Å². The van der Waals surface area contributed by atoms with E-state index in [1.165, 1.54) is 5.56 Å². The highest BCUT2D eigenvalue weighted by molar-refractivity contribution is 7.98. The molecule has 0 aliphatic carbocycles. The Balaban J connectivity index is 1.38. The van der Waals surface area contributed by atoms with Crippen molar-refractivity contribution < 1.29 is 9.32 Å². The minimum Gasteiger partial charge on any atom is -0.352 e. The largest absolute Gasteiger partial charge is 0.352 e. The van der Waals surface area contributed by atoms with E-state index in [2.05, 4.69) is 15.5 Å². The second-order valence-electron chi connectivity index (χ2n) is 6.05. The minimum atomic E-state index is -0.00621. The first-order valence-electron chi connectivity index (χ1n) is 8.59. The van der Waals surface area contributed by atoms with E-state index in [4.69, 9.17) is 16.1 Å². The van der Waals surface area contributed by atoms with Gasteiger partial charge in [-0.15, -0.1) is 0 Å². The Morgan fingerprint density at radius 1 is 1.19 bits per heavy atom. The first-order chi connectivity index (χ1) is 13.1. The number of nitrogens with zero attached hydrogens (tertiary/aromatic N) is 2. The number of amides is 1. The third-order valence-corrected chi connectivity index (χ3v) is 5.22. The summed E-state index contributed by atoms with van der Waals surface area (Å²) in [6.45, 7) is 2.47. The van der Waals surface area contributed by atoms with Gasteiger partial charge in [0.1, 0.15) is 0 Å². The van der Waals surface area contributed by atoms with Gasteiger partial charge < -0.3 is 9.84 Å². The fourth-order valence-corrected chi connectivity index (χ4v) is 3.35. The van der Waals surface area contributed by atoms with Crippen molar-refractivity contribution in [2.24, 2.45) is 0 Å². The van der Waals surface area contributed by atoms with Crippen LogP contribution in [0.25, 0.3) is 11.4 Å². The lowest BCUT2D eigenvalue weighted by Crippen LogP contribution is -2.23. The lowest BCUT2D eigenvalue weighted by atomic mass is 10.1. The van der Waals surface area contributed by atoms with Gasteiger partial charge in [-0.3, -0.25) is 4.79 Å². The number of nitrogens with one attached hydrogen (secondary N) is 1. The van der Waals surface area contributed by atoms with Crippen molar-refractivity contribution in [3.63, 3.8) is 0 Å². The summed E-state index contributed by atoms with van der Waals surface area (Å²) in [7, 11) is 0. The average molecular weight is 402 g/mol. The van der Waals surface area contributed by atoms with Crippen molar-refractivity contribution in [2.75, 3.05) is 5.75 Å². The fourth-order valence-electron chi connectivity index (χ4n) is 2.38. The van der Waals surface area contributed by atoms with Crippen molar-refractivity contribution >= 4 is 29.3 Å². The van der Waals surface area contributed by atoms with Crippen LogP contribution in [-0.2, 0) is 17.1 Å². The smallest absolute Gasteiger partial charge is 0.236 e. The van der Waals surface area contributed by atoms with E-state index in [9.17, 15) is 4.79 Å². The highest BCUT2D eigenvalue weighted by Gasteiger charge is 2.09. The molecule has 0 saturated carbocycles. The van der Waals surface area contributed by atoms with Gasteiger partial charge in [-0.1, -0.05) is 64.8 Å². The molecule has 1 amide bonds. The van der Waals surface area contributed by atoms with E-state index >= 15 is 0 Å². The summed E-state index contributed by atoms with van der Waals surface area (Å²) in [5, 5.41) is 7.55. The standard InChI is InChI=1S/C20H20ClN3O2S/c1-14-6-8-15(9-7-14)20-23-19(26-24-20)13-27-11-10-18(25)22-12-16-4-2-3-5-17(16)21/h2-9H,10-13H2,1H3,(H,22,25). The number of hydrogen-bond donors (Lipinski definition) is 1. The van der Waals surface area contributed by atoms with Crippen molar-refractivity contribution in [2.45, 2.75) is 25.6 Å². The Bertz CT molecular complexity index is 896. The predicted molar refractivity (Wildman–Crippen MR) is 109 cm³/mol. The van der Waals surface area contributed by atoms with E-state index in [0.717, 1.165) is 11.1 Å². The number of benzene rings is 2. The minimum absolute atomic E-state index is 0.00621. The fraction of sp³-hybridized carbons (Fsp3) is 0.250. The third kappa shape index (κ3) is 5.84. The third-order valence-electron chi connectivity index (χ3n) is 3.91. The predicted octanol–water partition coefficient (Wildman–Crippen LogP) is 4.64. The van der Waals surface area contributed by atoms with E-state index in [-0.39, 0.29) is 5.91 Å². The molecule has 27 heavy (non-hydrogen) atoms. The number of halogens is 1. The van der Waals surface area contributed by atoms with Crippen LogP contribution in [0, 0.1) is 6.92 Å². The monoisotopic (exact) mass is 401 g/mol. The van der Waals surface area contributed by atoms with E-state index in [1.807, 2.05) is 55.5 Å². The van der Waals surface area contributed by atoms with Crippen LogP contribution in [0.2, 0.25) is 5.02 Å². The van der Waals surface area contributed by atoms with E-state index in [1.54, 1.807) is 11.8 Å². The van der Waals surface area contributed by atoms with Crippen LogP contribution in [0.15, 0.2) is 53.1 Å². The Kier molecular flexibility index (Phi) is 6.90. The molecule has 0 bridgehead atoms. The molecule has 140 valence electrons. The summed E-state index contributed by atoms with van der Waals surface area (Å²) in [5.41, 5.74) is 3.03. The number of hydrogen-bond acceptors (Lipinski definition) is 5. The van der Waals surface area contributed by atoms with E-state index < -0.39 is 0 Å². The molecule has 0 aliphatic heterocycles. The van der Waals surface area contributed by atoms with Crippen molar-refractivity contribution in [1.82, 2.24) is 15.5 Å². The Morgan fingerprint density at radius 3 is 2.74 bits per heavy atom. The number of rotatable bonds is 8. The van der Waals surface area contributed by atoms with Gasteiger partial charge in [0.15, 0.2) is 0 Å². The molecule has 7 heteroatoms. The maximum atomic E-state index is 11.9. The number of aromatic nitrogens is 2. The van der Waals surface area contributed by atoms with Gasteiger partial charge >= 0.3 is 0 Å². The maximum Gasteiger partial charge on any atom is 0.236 e. The van der Waals surface area contributed by atoms with Gasteiger partial charge in [-0.05, 0) is 18.6 Å². The Morgan fingerprint density at radius 2 is 1.96 bits per heavy atom. The molecule has 3 aromatic rings. The SMILES string of the molecule is Cc1ccc(-c2noc(CSCCC(=O)NCc3ccccc3Cl)n2)cc1. The summed E-state index contributed by atoms with van der Waals surface area (Å²) in [5.74, 6) is 2.40. The maximum absolute atomic E-state index is 11.9. The van der Waals surface area contributed by atoms with Crippen LogP contribution in [0.5, 0.6) is 0 Å². The van der Waals surface area contributed by atoms with Crippen LogP contribution in [0.1, 0.15) is 23.4 Å². The van der Waals surface area contributed by atoms with Gasteiger partial charge in [0.2, 0.25) is 17.6 Å². The molecule has 1 aromatic heterocycles. The molecule has 0 atom stereocenters. The zero-order valence-electron chi connectivity index (χ0n) is 14.9. The van der Waals surface area contributed by atoms with Crippen LogP contribution < -0.4 is 5.32 Å². The van der Waals surface area contributed by atoms with Gasteiger partial charge in [-0.25, -0.2) is 0 Å². The highest BCUT2D eigenvalue weighted by atomic mass is 35.5. The summed E-state index contributed by atoms with van der Waals surface area (Å²) >= 11 is 7.66. The number of carbonyl (C=O) groups is 1. The lowest BCUT2D eigenvalue weighted by Gasteiger charge is -2.06. The molecule has 5 nitrogen and oxygen atoms in total. The summed E-state index contributed by atoms with van der Waals surface area (Å²) in [4.78, 5) is 16.3. The zero-order valence-corrected chi connectivity index (χ0v) is 16.5. The molecule has 0 spiro atoms. The molecule has 1 heterocycles. The molecule has 1 N–H and O–H groups in total. The van der Waals surface area contributed by atoms with Crippen molar-refractivity contribution in [1.29, 1.82) is 0 Å². The van der Waals surface area contributed by atoms with Crippen molar-refractivity contribution in [3.8, 4) is 11.4 Å². The normalized spacial score (nSPS) is 10.7. The molecule has 3 rings (SSSR count).